The molecule has 9 heteroatoms. The van der Waals surface area contributed by atoms with Crippen molar-refractivity contribution in [3.63, 3.8) is 0 Å². The molecule has 3 saturated carbocycles. The predicted molar refractivity (Wildman–Crippen MR) is 162 cm³/mol. The van der Waals surface area contributed by atoms with Gasteiger partial charge in [0.2, 0.25) is 0 Å². The van der Waals surface area contributed by atoms with Gasteiger partial charge in [0.05, 0.1) is 12.2 Å². The molecule has 7 rings (SSSR count). The molecule has 230 valence electrons. The van der Waals surface area contributed by atoms with Crippen LogP contribution in [0.1, 0.15) is 61.7 Å². The number of ether oxygens (including phenoxy) is 2. The van der Waals surface area contributed by atoms with Crippen LogP contribution in [0.2, 0.25) is 0 Å². The van der Waals surface area contributed by atoms with Crippen molar-refractivity contribution < 1.29 is 34.1 Å². The lowest BCUT2D eigenvalue weighted by Crippen LogP contribution is -2.63. The van der Waals surface area contributed by atoms with E-state index in [1.54, 1.807) is 54.6 Å². The predicted octanol–water partition coefficient (Wildman–Crippen LogP) is 4.12. The number of anilines is 2. The molecule has 0 bridgehead atoms. The van der Waals surface area contributed by atoms with E-state index in [2.05, 4.69) is 12.2 Å². The highest BCUT2D eigenvalue weighted by Crippen LogP contribution is 2.70. The lowest BCUT2D eigenvalue weighted by atomic mass is 9.46. The van der Waals surface area contributed by atoms with E-state index < -0.39 is 47.3 Å². The molecular formula is C35H38N2O7. The van der Waals surface area contributed by atoms with Gasteiger partial charge < -0.3 is 30.7 Å². The van der Waals surface area contributed by atoms with E-state index in [0.29, 0.717) is 35.3 Å². The molecule has 1 saturated heterocycles. The number of Topliss-reactive ketones (excluding diaryl/α,β-unsaturated/α-hetero) is 1. The lowest BCUT2D eigenvalue weighted by Gasteiger charge is -2.59. The van der Waals surface area contributed by atoms with Crippen molar-refractivity contribution in [3.8, 4) is 0 Å². The molecule has 1 amide bonds. The Morgan fingerprint density at radius 3 is 2.66 bits per heavy atom. The number of hydrogen-bond acceptors (Lipinski definition) is 8. The zero-order valence-corrected chi connectivity index (χ0v) is 24.9. The molecule has 0 unspecified atom stereocenters. The molecule has 1 aliphatic heterocycles. The Kier molecular flexibility index (Phi) is 6.75. The number of allylic oxidation sites excluding steroid dienone is 4. The Bertz CT molecular complexity index is 1600. The summed E-state index contributed by atoms with van der Waals surface area (Å²) in [6.07, 6.45) is 5.42. The number of carbonyl (C=O) groups is 3. The summed E-state index contributed by atoms with van der Waals surface area (Å²) in [7, 11) is 0. The van der Waals surface area contributed by atoms with Crippen molar-refractivity contribution in [2.45, 2.75) is 63.6 Å². The van der Waals surface area contributed by atoms with Crippen LogP contribution in [0.5, 0.6) is 0 Å². The number of hydrogen-bond donors (Lipinski definition) is 4. The van der Waals surface area contributed by atoms with Crippen molar-refractivity contribution in [3.05, 3.63) is 83.5 Å². The molecule has 2 aromatic carbocycles. The molecule has 5 aliphatic rings. The highest BCUT2D eigenvalue weighted by Gasteiger charge is 2.75. The number of carbonyl (C=O) groups excluding carboxylic acids is 3. The molecule has 1 heterocycles. The highest BCUT2D eigenvalue weighted by molar-refractivity contribution is 6.04. The first-order valence-corrected chi connectivity index (χ1v) is 15.4. The van der Waals surface area contributed by atoms with Crippen molar-refractivity contribution in [2.75, 3.05) is 17.7 Å². The highest BCUT2D eigenvalue weighted by atomic mass is 16.7. The van der Waals surface area contributed by atoms with E-state index in [1.807, 2.05) is 19.1 Å². The first kappa shape index (κ1) is 29.1. The molecule has 9 nitrogen and oxygen atoms in total. The summed E-state index contributed by atoms with van der Waals surface area (Å²) in [6, 6.07) is 13.7. The van der Waals surface area contributed by atoms with Crippen LogP contribution in [0.15, 0.2) is 72.3 Å². The fourth-order valence-corrected chi connectivity index (χ4v) is 9.44. The molecule has 0 radical (unpaired) electrons. The second-order valence-electron chi connectivity index (χ2n) is 13.5. The lowest BCUT2D eigenvalue weighted by molar-refractivity contribution is -0.201. The number of aliphatic hydroxyl groups excluding tert-OH is 2. The Morgan fingerprint density at radius 1 is 1.14 bits per heavy atom. The SMILES string of the molecule is C[C@]12C=CC(=O)C=C1CC[C@@H]1[C@@H]2[C@@H](O)C[C@@]2(C)[C@H]1C[C@H]1O[C@@H](c3cccc(NC(=O)c4ccc(N)cc4)c3)O[C@]12C(=O)CO. The van der Waals surface area contributed by atoms with E-state index in [4.69, 9.17) is 15.2 Å². The summed E-state index contributed by atoms with van der Waals surface area (Å²) in [5, 5.41) is 25.0. The summed E-state index contributed by atoms with van der Waals surface area (Å²) in [4.78, 5) is 38.8. The minimum atomic E-state index is -1.44. The van der Waals surface area contributed by atoms with E-state index in [1.165, 1.54) is 0 Å². The van der Waals surface area contributed by atoms with Gasteiger partial charge in [-0.3, -0.25) is 14.4 Å². The summed E-state index contributed by atoms with van der Waals surface area (Å²) in [6.45, 7) is 3.41. The molecule has 9 atom stereocenters. The van der Waals surface area contributed by atoms with Gasteiger partial charge in [-0.25, -0.2) is 0 Å². The zero-order valence-electron chi connectivity index (χ0n) is 24.9. The number of benzene rings is 2. The average Bonchev–Trinajstić information content (AvgIpc) is 3.50. The fourth-order valence-electron chi connectivity index (χ4n) is 9.44. The Hall–Kier alpha value is -3.63. The van der Waals surface area contributed by atoms with Crippen LogP contribution in [-0.2, 0) is 19.1 Å². The third-order valence-corrected chi connectivity index (χ3v) is 11.4. The minimum absolute atomic E-state index is 0.00675. The topological polar surface area (TPSA) is 148 Å². The van der Waals surface area contributed by atoms with Gasteiger partial charge in [-0.1, -0.05) is 37.6 Å². The Morgan fingerprint density at radius 2 is 1.91 bits per heavy atom. The van der Waals surface area contributed by atoms with Crippen LogP contribution < -0.4 is 11.1 Å². The van der Waals surface area contributed by atoms with Crippen molar-refractivity contribution in [1.82, 2.24) is 0 Å². The number of rotatable bonds is 5. The van der Waals surface area contributed by atoms with Crippen molar-refractivity contribution in [1.29, 1.82) is 0 Å². The smallest absolute Gasteiger partial charge is 0.255 e. The summed E-state index contributed by atoms with van der Waals surface area (Å²) in [5.74, 6) is -0.781. The molecule has 2 aromatic rings. The van der Waals surface area contributed by atoms with Crippen LogP contribution >= 0.6 is 0 Å². The van der Waals surface area contributed by atoms with E-state index in [-0.39, 0.29) is 29.4 Å². The molecule has 0 spiro atoms. The van der Waals surface area contributed by atoms with E-state index in [9.17, 15) is 24.6 Å². The first-order chi connectivity index (χ1) is 21.0. The third-order valence-electron chi connectivity index (χ3n) is 11.4. The van der Waals surface area contributed by atoms with Gasteiger partial charge in [0, 0.05) is 39.2 Å². The van der Waals surface area contributed by atoms with Gasteiger partial charge in [0.1, 0.15) is 6.61 Å². The Labute approximate surface area is 256 Å². The van der Waals surface area contributed by atoms with Crippen LogP contribution in [0.3, 0.4) is 0 Å². The Balaban J connectivity index is 1.18. The molecule has 4 aliphatic carbocycles. The number of aliphatic hydroxyl groups is 2. The first-order valence-electron chi connectivity index (χ1n) is 15.4. The second kappa shape index (κ2) is 10.2. The standard InChI is InChI=1S/C35H38N2O7/c1-33-13-12-24(39)15-21(33)8-11-25-26-16-29-35(28(41)18-38,34(26,2)17-27(40)30(25)33)44-32(43-29)20-4-3-5-23(14-20)37-31(42)19-6-9-22(36)10-7-19/h3-7,9-10,12-15,25-27,29-30,32,38,40H,8,11,16-18,36H2,1-2H3,(H,37,42)/t25-,26-,27-,29+,30+,32+,33-,34-,35+/m0/s1. The quantitative estimate of drug-likeness (QED) is 0.376. The number of ketones is 2. The number of amides is 1. The molecule has 4 fully saturated rings. The van der Waals surface area contributed by atoms with Crippen LogP contribution in [-0.4, -0.2) is 52.1 Å². The summed E-state index contributed by atoms with van der Waals surface area (Å²) < 4.78 is 13.2. The monoisotopic (exact) mass is 598 g/mol. The van der Waals surface area contributed by atoms with Gasteiger partial charge in [0.25, 0.3) is 5.91 Å². The van der Waals surface area contributed by atoms with Crippen molar-refractivity contribution in [2.24, 2.45) is 28.6 Å². The number of fused-ring (bicyclic) bond motifs is 7. The van der Waals surface area contributed by atoms with Crippen LogP contribution in [0.25, 0.3) is 0 Å². The summed E-state index contributed by atoms with van der Waals surface area (Å²) >= 11 is 0. The fraction of sp³-hybridized carbons (Fsp3) is 0.457. The number of nitrogens with two attached hydrogens (primary N) is 1. The maximum absolute atomic E-state index is 13.8. The van der Waals surface area contributed by atoms with Crippen LogP contribution in [0.4, 0.5) is 11.4 Å². The van der Waals surface area contributed by atoms with Gasteiger partial charge >= 0.3 is 0 Å². The number of nitrogens with one attached hydrogen (secondary N) is 1. The molecule has 44 heavy (non-hydrogen) atoms. The largest absolute Gasteiger partial charge is 0.399 e. The second-order valence-corrected chi connectivity index (χ2v) is 13.5. The number of nitrogen functional groups attached to an aromatic ring is 1. The van der Waals surface area contributed by atoms with Gasteiger partial charge in [-0.2, -0.15) is 0 Å². The summed E-state index contributed by atoms with van der Waals surface area (Å²) in [5.41, 5.74) is 6.32. The molecule has 5 N–H and O–H groups in total. The zero-order chi connectivity index (χ0) is 31.0. The third kappa shape index (κ3) is 4.10. The van der Waals surface area contributed by atoms with Gasteiger partial charge in [0.15, 0.2) is 23.5 Å². The molecular weight excluding hydrogens is 560 g/mol. The minimum Gasteiger partial charge on any atom is -0.399 e. The maximum atomic E-state index is 13.8. The average molecular weight is 599 g/mol. The van der Waals surface area contributed by atoms with Crippen molar-refractivity contribution >= 4 is 28.8 Å². The van der Waals surface area contributed by atoms with E-state index in [0.717, 1.165) is 18.4 Å². The van der Waals surface area contributed by atoms with Gasteiger partial charge in [-0.05, 0) is 86.1 Å². The maximum Gasteiger partial charge on any atom is 0.255 e. The van der Waals surface area contributed by atoms with E-state index >= 15 is 0 Å². The van der Waals surface area contributed by atoms with Gasteiger partial charge in [-0.15, -0.1) is 0 Å². The van der Waals surface area contributed by atoms with Crippen LogP contribution in [0, 0.1) is 28.6 Å². The molecule has 0 aromatic heterocycles. The normalized spacial score (nSPS) is 38.6.